The summed E-state index contributed by atoms with van der Waals surface area (Å²) in [5, 5.41) is 0. The summed E-state index contributed by atoms with van der Waals surface area (Å²) in [6.45, 7) is 6.18. The van der Waals surface area contributed by atoms with Crippen molar-refractivity contribution < 1.29 is 4.79 Å². The molecule has 3 nitrogen and oxygen atoms in total. The Labute approximate surface area is 105 Å². The molecule has 0 aromatic carbocycles. The molecule has 1 aliphatic carbocycles. The molecule has 1 saturated heterocycles. The van der Waals surface area contributed by atoms with Crippen molar-refractivity contribution in [3.63, 3.8) is 0 Å². The van der Waals surface area contributed by atoms with E-state index in [1.165, 1.54) is 19.3 Å². The number of hydrogen-bond donors (Lipinski definition) is 1. The first kappa shape index (κ1) is 12.9. The molecule has 2 rings (SSSR count). The Bertz CT molecular complexity index is 288. The van der Waals surface area contributed by atoms with E-state index in [4.69, 9.17) is 5.73 Å². The minimum Gasteiger partial charge on any atom is -0.341 e. The van der Waals surface area contributed by atoms with Crippen molar-refractivity contribution in [3.05, 3.63) is 0 Å². The topological polar surface area (TPSA) is 46.3 Å². The van der Waals surface area contributed by atoms with Gasteiger partial charge in [0.25, 0.3) is 0 Å². The van der Waals surface area contributed by atoms with Gasteiger partial charge in [0, 0.05) is 25.0 Å². The number of nitrogens with two attached hydrogens (primary N) is 1. The lowest BCUT2D eigenvalue weighted by atomic mass is 9.68. The van der Waals surface area contributed by atoms with Crippen molar-refractivity contribution in [1.29, 1.82) is 0 Å². The van der Waals surface area contributed by atoms with Gasteiger partial charge in [-0.15, -0.1) is 0 Å². The molecular formula is C14H26N2O. The third-order valence-corrected chi connectivity index (χ3v) is 4.57. The first-order valence-corrected chi connectivity index (χ1v) is 7.05. The number of likely N-dealkylation sites (tertiary alicyclic amines) is 1. The second-order valence-corrected chi connectivity index (χ2v) is 6.47. The zero-order valence-electron chi connectivity index (χ0n) is 11.2. The van der Waals surface area contributed by atoms with Gasteiger partial charge in [0.15, 0.2) is 0 Å². The summed E-state index contributed by atoms with van der Waals surface area (Å²) in [5.74, 6) is 0.589. The maximum Gasteiger partial charge on any atom is 0.226 e. The van der Waals surface area contributed by atoms with Crippen molar-refractivity contribution in [2.75, 3.05) is 13.1 Å². The molecule has 2 fully saturated rings. The first-order valence-electron chi connectivity index (χ1n) is 7.05. The normalized spacial score (nSPS) is 33.5. The van der Waals surface area contributed by atoms with Crippen LogP contribution in [0.15, 0.2) is 0 Å². The smallest absolute Gasteiger partial charge is 0.226 e. The molecule has 0 spiro atoms. The van der Waals surface area contributed by atoms with Crippen molar-refractivity contribution in [3.8, 4) is 0 Å². The van der Waals surface area contributed by atoms with Crippen LogP contribution >= 0.6 is 0 Å². The van der Waals surface area contributed by atoms with E-state index in [2.05, 4.69) is 13.8 Å². The Morgan fingerprint density at radius 1 is 1.24 bits per heavy atom. The quantitative estimate of drug-likeness (QED) is 0.761. The molecule has 2 atom stereocenters. The molecule has 2 N–H and O–H groups in total. The molecule has 1 amide bonds. The van der Waals surface area contributed by atoms with Gasteiger partial charge < -0.3 is 10.6 Å². The Balaban J connectivity index is 2.02. The maximum absolute atomic E-state index is 12.6. The summed E-state index contributed by atoms with van der Waals surface area (Å²) in [5.41, 5.74) is 6.14. The number of amides is 1. The maximum atomic E-state index is 12.6. The molecule has 1 saturated carbocycles. The molecule has 3 heteroatoms. The highest BCUT2D eigenvalue weighted by molar-refractivity contribution is 5.80. The summed E-state index contributed by atoms with van der Waals surface area (Å²) >= 11 is 0. The van der Waals surface area contributed by atoms with Gasteiger partial charge in [-0.2, -0.15) is 0 Å². The molecule has 98 valence electrons. The molecule has 1 heterocycles. The predicted octanol–water partition coefficient (Wildman–Crippen LogP) is 2.15. The second kappa shape index (κ2) is 4.97. The van der Waals surface area contributed by atoms with Crippen LogP contribution in [0, 0.1) is 11.3 Å². The summed E-state index contributed by atoms with van der Waals surface area (Å²) in [4.78, 5) is 14.6. The number of nitrogens with zero attached hydrogens (tertiary/aromatic N) is 1. The Morgan fingerprint density at radius 3 is 2.65 bits per heavy atom. The number of carbonyl (C=O) groups excluding carboxylic acids is 1. The lowest BCUT2D eigenvalue weighted by Crippen LogP contribution is -2.50. The summed E-state index contributed by atoms with van der Waals surface area (Å²) in [6, 6.07) is 0.194. The van der Waals surface area contributed by atoms with Crippen molar-refractivity contribution in [1.82, 2.24) is 4.90 Å². The van der Waals surface area contributed by atoms with Crippen LogP contribution in [-0.2, 0) is 4.79 Å². The Kier molecular flexibility index (Phi) is 3.76. The molecule has 0 aromatic heterocycles. The lowest BCUT2D eigenvalue weighted by Gasteiger charge is -2.42. The average Bonchev–Trinajstić information content (AvgIpc) is 2.27. The number of rotatable bonds is 1. The fourth-order valence-corrected chi connectivity index (χ4v) is 3.38. The molecule has 0 radical (unpaired) electrons. The van der Waals surface area contributed by atoms with Gasteiger partial charge in [0.2, 0.25) is 5.91 Å². The lowest BCUT2D eigenvalue weighted by molar-refractivity contribution is -0.142. The Morgan fingerprint density at radius 2 is 2.00 bits per heavy atom. The SMILES string of the molecule is CC1(C)CCCCC1C(=O)N1CCCC(N)C1. The minimum atomic E-state index is 0.177. The van der Waals surface area contributed by atoms with Crippen LogP contribution in [0.1, 0.15) is 52.4 Å². The largest absolute Gasteiger partial charge is 0.341 e. The van der Waals surface area contributed by atoms with Gasteiger partial charge in [-0.25, -0.2) is 0 Å². The molecule has 2 unspecified atom stereocenters. The van der Waals surface area contributed by atoms with Crippen LogP contribution in [0.3, 0.4) is 0 Å². The summed E-state index contributed by atoms with van der Waals surface area (Å²) < 4.78 is 0. The molecule has 2 aliphatic rings. The van der Waals surface area contributed by atoms with Gasteiger partial charge in [0.1, 0.15) is 0 Å². The van der Waals surface area contributed by atoms with E-state index in [0.717, 1.165) is 32.4 Å². The van der Waals surface area contributed by atoms with E-state index in [1.54, 1.807) is 0 Å². The van der Waals surface area contributed by atoms with Gasteiger partial charge in [-0.05, 0) is 31.1 Å². The van der Waals surface area contributed by atoms with Crippen molar-refractivity contribution in [2.24, 2.45) is 17.1 Å². The highest BCUT2D eigenvalue weighted by Gasteiger charge is 2.39. The monoisotopic (exact) mass is 238 g/mol. The number of hydrogen-bond acceptors (Lipinski definition) is 2. The molecule has 0 aromatic rings. The van der Waals surface area contributed by atoms with E-state index >= 15 is 0 Å². The fraction of sp³-hybridized carbons (Fsp3) is 0.929. The average molecular weight is 238 g/mol. The number of carbonyl (C=O) groups is 1. The third-order valence-electron chi connectivity index (χ3n) is 4.57. The zero-order valence-corrected chi connectivity index (χ0v) is 11.2. The fourth-order valence-electron chi connectivity index (χ4n) is 3.38. The summed E-state index contributed by atoms with van der Waals surface area (Å²) in [7, 11) is 0. The van der Waals surface area contributed by atoms with E-state index < -0.39 is 0 Å². The molecular weight excluding hydrogens is 212 g/mol. The van der Waals surface area contributed by atoms with Gasteiger partial charge in [0.05, 0.1) is 0 Å². The van der Waals surface area contributed by atoms with E-state index in [9.17, 15) is 4.79 Å². The predicted molar refractivity (Wildman–Crippen MR) is 69.5 cm³/mol. The van der Waals surface area contributed by atoms with Gasteiger partial charge in [-0.3, -0.25) is 4.79 Å². The van der Waals surface area contributed by atoms with Crippen LogP contribution in [0.2, 0.25) is 0 Å². The molecule has 17 heavy (non-hydrogen) atoms. The van der Waals surface area contributed by atoms with Crippen molar-refractivity contribution in [2.45, 2.75) is 58.4 Å². The second-order valence-electron chi connectivity index (χ2n) is 6.47. The minimum absolute atomic E-state index is 0.177. The van der Waals surface area contributed by atoms with Gasteiger partial charge in [-0.1, -0.05) is 26.7 Å². The van der Waals surface area contributed by atoms with Crippen LogP contribution in [-0.4, -0.2) is 29.9 Å². The molecule has 0 bridgehead atoms. The summed E-state index contributed by atoms with van der Waals surface area (Å²) in [6.07, 6.45) is 6.87. The zero-order chi connectivity index (χ0) is 12.5. The van der Waals surface area contributed by atoms with Crippen molar-refractivity contribution >= 4 is 5.91 Å². The Hall–Kier alpha value is -0.570. The van der Waals surface area contributed by atoms with E-state index in [0.29, 0.717) is 5.91 Å². The highest BCUT2D eigenvalue weighted by atomic mass is 16.2. The van der Waals surface area contributed by atoms with Crippen LogP contribution < -0.4 is 5.73 Å². The standard InChI is InChI=1S/C14H26N2O/c1-14(2)8-4-3-7-12(14)13(17)16-9-5-6-11(15)10-16/h11-12H,3-10,15H2,1-2H3. The van der Waals surface area contributed by atoms with Crippen LogP contribution in [0.25, 0.3) is 0 Å². The first-order chi connectivity index (χ1) is 8.00. The number of piperidine rings is 1. The van der Waals surface area contributed by atoms with Gasteiger partial charge >= 0.3 is 0 Å². The molecule has 1 aliphatic heterocycles. The van der Waals surface area contributed by atoms with Crippen LogP contribution in [0.5, 0.6) is 0 Å². The van der Waals surface area contributed by atoms with E-state index in [-0.39, 0.29) is 17.4 Å². The third kappa shape index (κ3) is 2.82. The van der Waals surface area contributed by atoms with Crippen LogP contribution in [0.4, 0.5) is 0 Å². The van der Waals surface area contributed by atoms with E-state index in [1.807, 2.05) is 4.90 Å². The highest BCUT2D eigenvalue weighted by Crippen LogP contribution is 2.41.